The number of hydrogen-bond donors (Lipinski definition) is 1. The first-order valence-electron chi connectivity index (χ1n) is 11.5. The van der Waals surface area contributed by atoms with Crippen LogP contribution in [0.1, 0.15) is 25.5 Å². The third-order valence-corrected chi connectivity index (χ3v) is 6.08. The summed E-state index contributed by atoms with van der Waals surface area (Å²) in [6.45, 7) is 3.77. The monoisotopic (exact) mass is 467 g/mol. The number of fused-ring (bicyclic) bond motifs is 2. The van der Waals surface area contributed by atoms with Gasteiger partial charge in [-0.25, -0.2) is 9.48 Å². The minimum atomic E-state index is -0.509. The van der Waals surface area contributed by atoms with Gasteiger partial charge in [0.1, 0.15) is 18.9 Å². The number of amides is 1. The second-order valence-corrected chi connectivity index (χ2v) is 8.20. The molecule has 0 fully saturated rings. The maximum atomic E-state index is 13.2. The summed E-state index contributed by atoms with van der Waals surface area (Å²) < 4.78 is 7.07. The molecule has 0 bridgehead atoms. The van der Waals surface area contributed by atoms with Gasteiger partial charge < -0.3 is 15.0 Å². The fourth-order valence-corrected chi connectivity index (χ4v) is 4.50. The summed E-state index contributed by atoms with van der Waals surface area (Å²) in [5.74, 6) is -0.200. The number of carbonyl (C=O) groups excluding carboxylic acids is 2. The molecule has 0 radical (unpaired) electrons. The number of ether oxygens (including phenoxy) is 1. The lowest BCUT2D eigenvalue weighted by Gasteiger charge is -2.35. The van der Waals surface area contributed by atoms with E-state index in [1.54, 1.807) is 16.5 Å². The van der Waals surface area contributed by atoms with E-state index in [0.717, 1.165) is 22.0 Å². The van der Waals surface area contributed by atoms with Gasteiger partial charge in [0, 0.05) is 16.8 Å². The quantitative estimate of drug-likeness (QED) is 0.425. The summed E-state index contributed by atoms with van der Waals surface area (Å²) in [7, 11) is 0. The number of benzene rings is 3. The molecule has 1 atom stereocenters. The van der Waals surface area contributed by atoms with Gasteiger partial charge in [-0.2, -0.15) is 10.1 Å². The Morgan fingerprint density at radius 2 is 1.74 bits per heavy atom. The molecule has 1 aliphatic heterocycles. The number of rotatable bonds is 6. The second-order valence-electron chi connectivity index (χ2n) is 8.20. The van der Waals surface area contributed by atoms with Gasteiger partial charge in [0.25, 0.3) is 0 Å². The molecular weight excluding hydrogens is 442 g/mol. The van der Waals surface area contributed by atoms with Crippen LogP contribution in [0.5, 0.6) is 0 Å². The molecule has 8 heteroatoms. The van der Waals surface area contributed by atoms with E-state index in [0.29, 0.717) is 17.2 Å². The Bertz CT molecular complexity index is 1420. The molecule has 0 saturated carbocycles. The zero-order valence-corrected chi connectivity index (χ0v) is 19.5. The summed E-state index contributed by atoms with van der Waals surface area (Å²) in [6, 6.07) is 22.7. The Labute approximate surface area is 202 Å². The molecule has 1 aliphatic rings. The van der Waals surface area contributed by atoms with E-state index >= 15 is 0 Å². The van der Waals surface area contributed by atoms with Crippen molar-refractivity contribution in [3.8, 4) is 0 Å². The highest BCUT2D eigenvalue weighted by molar-refractivity contribution is 6.03. The number of aromatic nitrogens is 3. The number of nitrogens with zero attached hydrogens (tertiary/aromatic N) is 4. The number of carbonyl (C=O) groups is 2. The summed E-state index contributed by atoms with van der Waals surface area (Å²) >= 11 is 0. The van der Waals surface area contributed by atoms with Crippen LogP contribution in [-0.2, 0) is 14.3 Å². The van der Waals surface area contributed by atoms with Crippen molar-refractivity contribution in [1.29, 1.82) is 0 Å². The van der Waals surface area contributed by atoms with Gasteiger partial charge in [-0.3, -0.25) is 4.79 Å². The van der Waals surface area contributed by atoms with Gasteiger partial charge in [-0.05, 0) is 30.9 Å². The van der Waals surface area contributed by atoms with Gasteiger partial charge in [0.15, 0.2) is 0 Å². The van der Waals surface area contributed by atoms with Gasteiger partial charge in [-0.1, -0.05) is 66.7 Å². The van der Waals surface area contributed by atoms with E-state index in [1.807, 2.05) is 79.7 Å². The largest absolute Gasteiger partial charge is 0.463 e. The summed E-state index contributed by atoms with van der Waals surface area (Å²) in [4.78, 5) is 32.5. The number of allylic oxidation sites excluding steroid dienone is 1. The standard InChI is InChI=1S/C27H25N5O3/c1-3-35-26(34)24-18(2)31(27-28-17-29-32(27)25(24)20-11-5-4-6-12-20)16-23(33)30-22-15-9-13-19-10-7-8-14-21(19)22/h4-15,17,25H,3,16H2,1-2H3,(H,30,33). The third-order valence-electron chi connectivity index (χ3n) is 6.08. The minimum Gasteiger partial charge on any atom is -0.463 e. The summed E-state index contributed by atoms with van der Waals surface area (Å²) in [5, 5.41) is 9.41. The lowest BCUT2D eigenvalue weighted by molar-refractivity contribution is -0.139. The molecule has 8 nitrogen and oxygen atoms in total. The molecular formula is C27H25N5O3. The molecule has 1 amide bonds. The Morgan fingerprint density at radius 3 is 2.54 bits per heavy atom. The number of nitrogens with one attached hydrogen (secondary N) is 1. The normalized spacial score (nSPS) is 15.1. The van der Waals surface area contributed by atoms with Crippen molar-refractivity contribution in [2.24, 2.45) is 0 Å². The van der Waals surface area contributed by atoms with E-state index in [2.05, 4.69) is 15.4 Å². The average molecular weight is 468 g/mol. The van der Waals surface area contributed by atoms with Crippen LogP contribution in [0, 0.1) is 0 Å². The molecule has 0 aliphatic carbocycles. The van der Waals surface area contributed by atoms with Crippen LogP contribution in [0.3, 0.4) is 0 Å². The predicted molar refractivity (Wildman–Crippen MR) is 134 cm³/mol. The van der Waals surface area contributed by atoms with Crippen LogP contribution >= 0.6 is 0 Å². The van der Waals surface area contributed by atoms with Crippen LogP contribution in [0.25, 0.3) is 10.8 Å². The molecule has 5 rings (SSSR count). The molecule has 176 valence electrons. The van der Waals surface area contributed by atoms with Crippen LogP contribution < -0.4 is 10.2 Å². The van der Waals surface area contributed by atoms with E-state index in [1.165, 1.54) is 6.33 Å². The maximum absolute atomic E-state index is 13.2. The van der Waals surface area contributed by atoms with Crippen LogP contribution in [-0.4, -0.2) is 39.8 Å². The first kappa shape index (κ1) is 22.3. The maximum Gasteiger partial charge on any atom is 0.338 e. The zero-order valence-electron chi connectivity index (χ0n) is 19.5. The van der Waals surface area contributed by atoms with Crippen molar-refractivity contribution in [3.05, 3.63) is 96.0 Å². The van der Waals surface area contributed by atoms with Crippen molar-refractivity contribution >= 4 is 34.3 Å². The van der Waals surface area contributed by atoms with Gasteiger partial charge in [0.05, 0.1) is 12.2 Å². The number of hydrogen-bond acceptors (Lipinski definition) is 6. The van der Waals surface area contributed by atoms with Crippen molar-refractivity contribution in [3.63, 3.8) is 0 Å². The molecule has 35 heavy (non-hydrogen) atoms. The highest BCUT2D eigenvalue weighted by Crippen LogP contribution is 2.38. The predicted octanol–water partition coefficient (Wildman–Crippen LogP) is 4.32. The first-order valence-corrected chi connectivity index (χ1v) is 11.5. The molecule has 0 saturated heterocycles. The molecule has 1 aromatic heterocycles. The van der Waals surface area contributed by atoms with Crippen LogP contribution in [0.4, 0.5) is 11.6 Å². The highest BCUT2D eigenvalue weighted by Gasteiger charge is 2.38. The Hall–Kier alpha value is -4.46. The van der Waals surface area contributed by atoms with Gasteiger partial charge in [-0.15, -0.1) is 0 Å². The van der Waals surface area contributed by atoms with Crippen LogP contribution in [0.2, 0.25) is 0 Å². The Morgan fingerprint density at radius 1 is 1.00 bits per heavy atom. The third kappa shape index (κ3) is 4.14. The summed E-state index contributed by atoms with van der Waals surface area (Å²) in [5.41, 5.74) is 2.63. The molecule has 3 aromatic carbocycles. The first-order chi connectivity index (χ1) is 17.1. The van der Waals surface area contributed by atoms with E-state index in [9.17, 15) is 9.59 Å². The number of anilines is 2. The van der Waals surface area contributed by atoms with E-state index in [-0.39, 0.29) is 19.1 Å². The van der Waals surface area contributed by atoms with E-state index in [4.69, 9.17) is 4.74 Å². The highest BCUT2D eigenvalue weighted by atomic mass is 16.5. The molecule has 4 aromatic rings. The van der Waals surface area contributed by atoms with Gasteiger partial charge >= 0.3 is 5.97 Å². The molecule has 1 N–H and O–H groups in total. The molecule has 2 heterocycles. The van der Waals surface area contributed by atoms with Gasteiger partial charge in [0.2, 0.25) is 11.9 Å². The molecule has 0 spiro atoms. The van der Waals surface area contributed by atoms with Crippen molar-refractivity contribution in [2.45, 2.75) is 19.9 Å². The fraction of sp³-hybridized carbons (Fsp3) is 0.185. The number of esters is 1. The summed E-state index contributed by atoms with van der Waals surface area (Å²) in [6.07, 6.45) is 1.43. The zero-order chi connectivity index (χ0) is 24.4. The Balaban J connectivity index is 1.51. The topological polar surface area (TPSA) is 89.3 Å². The lowest BCUT2D eigenvalue weighted by Crippen LogP contribution is -2.40. The van der Waals surface area contributed by atoms with Crippen molar-refractivity contribution < 1.29 is 14.3 Å². The minimum absolute atomic E-state index is 0.0435. The van der Waals surface area contributed by atoms with E-state index < -0.39 is 12.0 Å². The second kappa shape index (κ2) is 9.42. The fourth-order valence-electron chi connectivity index (χ4n) is 4.50. The van der Waals surface area contributed by atoms with Crippen molar-refractivity contribution in [2.75, 3.05) is 23.4 Å². The lowest BCUT2D eigenvalue weighted by atomic mass is 9.95. The Kier molecular flexibility index (Phi) is 6.01. The smallest absolute Gasteiger partial charge is 0.338 e. The SMILES string of the molecule is CCOC(=O)C1=C(C)N(CC(=O)Nc2cccc3ccccc23)c2ncnn2C1c1ccccc1. The van der Waals surface area contributed by atoms with Crippen molar-refractivity contribution in [1.82, 2.24) is 14.8 Å². The van der Waals surface area contributed by atoms with Crippen LogP contribution in [0.15, 0.2) is 90.4 Å². The average Bonchev–Trinajstić information content (AvgIpc) is 3.36. The molecule has 1 unspecified atom stereocenters.